The van der Waals surface area contributed by atoms with Gasteiger partial charge in [0.15, 0.2) is 11.5 Å². The molecular formula is C27H24N2O6. The number of hydrogen-bond donors (Lipinski definition) is 2. The lowest BCUT2D eigenvalue weighted by Gasteiger charge is -2.25. The molecule has 0 saturated carbocycles. The van der Waals surface area contributed by atoms with Crippen molar-refractivity contribution in [1.82, 2.24) is 9.88 Å². The summed E-state index contributed by atoms with van der Waals surface area (Å²) in [5.74, 6) is -1.22. The Labute approximate surface area is 202 Å². The SMILES string of the molecule is C=CCOc1ccc(C(O)=C2C(=O)C(=O)N(Cc3cccnc3)[C@H]2c2ccc(O)c(OC)c2)cc1. The predicted molar refractivity (Wildman–Crippen MR) is 129 cm³/mol. The van der Waals surface area contributed by atoms with E-state index in [1.165, 1.54) is 18.1 Å². The third-order valence-corrected chi connectivity index (χ3v) is 5.63. The van der Waals surface area contributed by atoms with Crippen molar-refractivity contribution in [3.05, 3.63) is 102 Å². The third kappa shape index (κ3) is 4.72. The first-order valence-corrected chi connectivity index (χ1v) is 10.8. The van der Waals surface area contributed by atoms with E-state index in [1.54, 1.807) is 67.0 Å². The zero-order chi connectivity index (χ0) is 24.9. The Kier molecular flexibility index (Phi) is 6.82. The van der Waals surface area contributed by atoms with Gasteiger partial charge in [0.25, 0.3) is 11.7 Å². The van der Waals surface area contributed by atoms with Crippen molar-refractivity contribution in [2.45, 2.75) is 12.6 Å². The topological polar surface area (TPSA) is 109 Å². The molecule has 4 rings (SSSR count). The largest absolute Gasteiger partial charge is 0.507 e. The molecule has 1 aliphatic rings. The molecule has 1 atom stereocenters. The summed E-state index contributed by atoms with van der Waals surface area (Å²) in [6.07, 6.45) is 4.83. The molecule has 2 heterocycles. The average molecular weight is 472 g/mol. The number of likely N-dealkylation sites (tertiary alicyclic amines) is 1. The second-order valence-electron chi connectivity index (χ2n) is 7.84. The number of phenolic OH excluding ortho intramolecular Hbond substituents is 1. The molecular weight excluding hydrogens is 448 g/mol. The van der Waals surface area contributed by atoms with Crippen molar-refractivity contribution in [2.24, 2.45) is 0 Å². The number of aromatic nitrogens is 1. The van der Waals surface area contributed by atoms with Crippen molar-refractivity contribution >= 4 is 17.4 Å². The molecule has 2 aromatic carbocycles. The van der Waals surface area contributed by atoms with Gasteiger partial charge in [-0.1, -0.05) is 24.8 Å². The first-order valence-electron chi connectivity index (χ1n) is 10.8. The highest BCUT2D eigenvalue weighted by Gasteiger charge is 2.46. The number of ether oxygens (including phenoxy) is 2. The number of carbonyl (C=O) groups excluding carboxylic acids is 2. The van der Waals surface area contributed by atoms with Gasteiger partial charge >= 0.3 is 0 Å². The molecule has 0 unspecified atom stereocenters. The molecule has 1 fully saturated rings. The number of aliphatic hydroxyl groups is 1. The minimum absolute atomic E-state index is 0.0635. The third-order valence-electron chi connectivity index (χ3n) is 5.63. The maximum absolute atomic E-state index is 13.2. The number of amides is 1. The molecule has 0 spiro atoms. The maximum atomic E-state index is 13.2. The lowest BCUT2D eigenvalue weighted by molar-refractivity contribution is -0.140. The molecule has 1 amide bonds. The van der Waals surface area contributed by atoms with E-state index in [1.807, 2.05) is 0 Å². The number of aromatic hydroxyl groups is 1. The number of pyridine rings is 1. The number of carbonyl (C=O) groups is 2. The standard InChI is InChI=1S/C27H24N2O6/c1-3-13-35-20-9-6-18(7-10-20)25(31)23-24(19-8-11-21(30)22(14-19)34-2)29(27(33)26(23)32)16-17-5-4-12-28-15-17/h3-12,14-15,24,30-31H,1,13,16H2,2H3/t24-/m0/s1. The van der Waals surface area contributed by atoms with Crippen molar-refractivity contribution in [1.29, 1.82) is 0 Å². The van der Waals surface area contributed by atoms with Gasteiger partial charge < -0.3 is 24.6 Å². The van der Waals surface area contributed by atoms with Gasteiger partial charge in [-0.3, -0.25) is 14.6 Å². The fraction of sp³-hybridized carbons (Fsp3) is 0.148. The van der Waals surface area contributed by atoms with E-state index in [2.05, 4.69) is 11.6 Å². The Balaban J connectivity index is 1.82. The van der Waals surface area contributed by atoms with Gasteiger partial charge in [-0.05, 0) is 53.6 Å². The summed E-state index contributed by atoms with van der Waals surface area (Å²) in [5, 5.41) is 21.3. The van der Waals surface area contributed by atoms with Crippen molar-refractivity contribution in [3.63, 3.8) is 0 Å². The van der Waals surface area contributed by atoms with Crippen molar-refractivity contribution < 1.29 is 29.3 Å². The summed E-state index contributed by atoms with van der Waals surface area (Å²) < 4.78 is 10.7. The average Bonchev–Trinajstić information content (AvgIpc) is 3.13. The highest BCUT2D eigenvalue weighted by Crippen LogP contribution is 2.42. The van der Waals surface area contributed by atoms with Crippen LogP contribution in [-0.2, 0) is 16.1 Å². The molecule has 1 aromatic heterocycles. The highest BCUT2D eigenvalue weighted by molar-refractivity contribution is 6.46. The first-order chi connectivity index (χ1) is 16.9. The second kappa shape index (κ2) is 10.1. The van der Waals surface area contributed by atoms with Crippen LogP contribution in [-0.4, -0.2) is 45.5 Å². The second-order valence-corrected chi connectivity index (χ2v) is 7.84. The molecule has 0 radical (unpaired) electrons. The minimum Gasteiger partial charge on any atom is -0.507 e. The smallest absolute Gasteiger partial charge is 0.295 e. The zero-order valence-corrected chi connectivity index (χ0v) is 19.0. The molecule has 8 nitrogen and oxygen atoms in total. The molecule has 2 N–H and O–H groups in total. The van der Waals surface area contributed by atoms with Gasteiger partial charge in [-0.25, -0.2) is 0 Å². The van der Waals surface area contributed by atoms with Gasteiger partial charge in [0.2, 0.25) is 0 Å². The Morgan fingerprint density at radius 3 is 2.60 bits per heavy atom. The number of benzene rings is 2. The molecule has 0 aliphatic carbocycles. The number of ketones is 1. The molecule has 178 valence electrons. The van der Waals surface area contributed by atoms with Gasteiger partial charge in [0.05, 0.1) is 18.7 Å². The summed E-state index contributed by atoms with van der Waals surface area (Å²) in [5.41, 5.74) is 1.50. The summed E-state index contributed by atoms with van der Waals surface area (Å²) >= 11 is 0. The van der Waals surface area contributed by atoms with Crippen LogP contribution in [0.3, 0.4) is 0 Å². The van der Waals surface area contributed by atoms with Gasteiger partial charge in [0.1, 0.15) is 18.1 Å². The Bertz CT molecular complexity index is 1280. The van der Waals surface area contributed by atoms with Gasteiger partial charge in [0, 0.05) is 24.5 Å². The fourth-order valence-corrected chi connectivity index (χ4v) is 3.96. The quantitative estimate of drug-likeness (QED) is 0.221. The van der Waals surface area contributed by atoms with Crippen LogP contribution >= 0.6 is 0 Å². The van der Waals surface area contributed by atoms with E-state index in [9.17, 15) is 19.8 Å². The summed E-state index contributed by atoms with van der Waals surface area (Å²) in [7, 11) is 1.40. The highest BCUT2D eigenvalue weighted by atomic mass is 16.5. The van der Waals surface area contributed by atoms with E-state index in [4.69, 9.17) is 9.47 Å². The number of rotatable bonds is 8. The molecule has 1 aliphatic heterocycles. The van der Waals surface area contributed by atoms with E-state index in [-0.39, 0.29) is 29.4 Å². The number of aliphatic hydroxyl groups excluding tert-OH is 1. The van der Waals surface area contributed by atoms with Crippen LogP contribution in [0.25, 0.3) is 5.76 Å². The molecule has 3 aromatic rings. The minimum atomic E-state index is -0.915. The Hall–Kier alpha value is -4.59. The number of phenols is 1. The van der Waals surface area contributed by atoms with Crippen LogP contribution in [0.15, 0.2) is 85.2 Å². The van der Waals surface area contributed by atoms with Crippen LogP contribution < -0.4 is 9.47 Å². The van der Waals surface area contributed by atoms with Crippen LogP contribution in [0.4, 0.5) is 0 Å². The summed E-state index contributed by atoms with van der Waals surface area (Å²) in [6, 6.07) is 13.7. The maximum Gasteiger partial charge on any atom is 0.295 e. The molecule has 1 saturated heterocycles. The monoisotopic (exact) mass is 472 g/mol. The Morgan fingerprint density at radius 1 is 1.17 bits per heavy atom. The number of hydrogen-bond acceptors (Lipinski definition) is 7. The summed E-state index contributed by atoms with van der Waals surface area (Å²) in [4.78, 5) is 31.8. The number of methoxy groups -OCH3 is 1. The van der Waals surface area contributed by atoms with E-state index in [0.29, 0.717) is 29.0 Å². The predicted octanol–water partition coefficient (Wildman–Crippen LogP) is 3.98. The van der Waals surface area contributed by atoms with Crippen LogP contribution in [0.2, 0.25) is 0 Å². The Morgan fingerprint density at radius 2 is 1.94 bits per heavy atom. The van der Waals surface area contributed by atoms with E-state index < -0.39 is 17.7 Å². The lowest BCUT2D eigenvalue weighted by atomic mass is 9.95. The molecule has 0 bridgehead atoms. The van der Waals surface area contributed by atoms with E-state index in [0.717, 1.165) is 0 Å². The fourth-order valence-electron chi connectivity index (χ4n) is 3.96. The first kappa shape index (κ1) is 23.6. The normalized spacial score (nSPS) is 16.8. The number of nitrogens with zero attached hydrogens (tertiary/aromatic N) is 2. The van der Waals surface area contributed by atoms with Crippen molar-refractivity contribution in [3.8, 4) is 17.2 Å². The van der Waals surface area contributed by atoms with Crippen LogP contribution in [0.5, 0.6) is 17.2 Å². The summed E-state index contributed by atoms with van der Waals surface area (Å²) in [6.45, 7) is 4.03. The molecule has 8 heteroatoms. The van der Waals surface area contributed by atoms with Crippen LogP contribution in [0, 0.1) is 0 Å². The van der Waals surface area contributed by atoms with E-state index >= 15 is 0 Å². The van der Waals surface area contributed by atoms with Gasteiger partial charge in [-0.15, -0.1) is 0 Å². The zero-order valence-electron chi connectivity index (χ0n) is 19.0. The number of Topliss-reactive ketones (excluding diaryl/α,β-unsaturated/α-hetero) is 1. The lowest BCUT2D eigenvalue weighted by Crippen LogP contribution is -2.29. The van der Waals surface area contributed by atoms with Crippen molar-refractivity contribution in [2.75, 3.05) is 13.7 Å². The molecule has 35 heavy (non-hydrogen) atoms. The van der Waals surface area contributed by atoms with Crippen LogP contribution in [0.1, 0.15) is 22.7 Å². The van der Waals surface area contributed by atoms with Gasteiger partial charge in [-0.2, -0.15) is 0 Å².